The fourth-order valence-electron chi connectivity index (χ4n) is 2.30. The summed E-state index contributed by atoms with van der Waals surface area (Å²) < 4.78 is 2.95. The largest absolute Gasteiger partial charge is 0.340 e. The van der Waals surface area contributed by atoms with Gasteiger partial charge in [0.25, 0.3) is 0 Å². The van der Waals surface area contributed by atoms with E-state index in [9.17, 15) is 4.79 Å². The number of nitrogens with zero attached hydrogens (tertiary/aromatic N) is 2. The number of halogens is 1. The molecule has 0 saturated carbocycles. The van der Waals surface area contributed by atoms with E-state index in [0.29, 0.717) is 11.1 Å². The third-order valence-electron chi connectivity index (χ3n) is 3.41. The average molecular weight is 339 g/mol. The molecule has 2 aromatic carbocycles. The summed E-state index contributed by atoms with van der Waals surface area (Å²) in [6.07, 6.45) is 1.91. The van der Waals surface area contributed by atoms with E-state index in [2.05, 4.69) is 15.9 Å². The molecular weight excluding hydrogens is 328 g/mol. The van der Waals surface area contributed by atoms with Gasteiger partial charge in [0, 0.05) is 27.1 Å². The topological polar surface area (TPSA) is 45.8 Å². The van der Waals surface area contributed by atoms with E-state index in [1.54, 1.807) is 24.3 Å². The fourth-order valence-corrected chi connectivity index (χ4v) is 2.79. The second-order valence-corrected chi connectivity index (χ2v) is 5.58. The summed E-state index contributed by atoms with van der Waals surface area (Å²) in [6, 6.07) is 16.7. The molecule has 0 N–H and O–H groups in total. The first-order valence-electron chi connectivity index (χ1n) is 6.46. The minimum Gasteiger partial charge on any atom is -0.340 e. The molecule has 0 aliphatic carbocycles. The number of ketones is 1. The van der Waals surface area contributed by atoms with E-state index >= 15 is 0 Å². The maximum absolute atomic E-state index is 12.3. The molecule has 0 radical (unpaired) electrons. The van der Waals surface area contributed by atoms with Gasteiger partial charge in [0.15, 0.2) is 5.78 Å². The van der Waals surface area contributed by atoms with Crippen molar-refractivity contribution in [3.8, 4) is 6.07 Å². The Morgan fingerprint density at radius 2 is 1.90 bits per heavy atom. The van der Waals surface area contributed by atoms with Crippen LogP contribution >= 0.6 is 15.9 Å². The van der Waals surface area contributed by atoms with Gasteiger partial charge in [0.2, 0.25) is 0 Å². The van der Waals surface area contributed by atoms with Gasteiger partial charge in [-0.3, -0.25) is 4.79 Å². The summed E-state index contributed by atoms with van der Waals surface area (Å²) in [5, 5.41) is 9.86. The number of nitriles is 1. The maximum atomic E-state index is 12.3. The lowest BCUT2D eigenvalue weighted by atomic mass is 10.1. The number of carbonyl (C=O) groups excluding carboxylic acids is 1. The molecule has 3 aromatic rings. The summed E-state index contributed by atoms with van der Waals surface area (Å²) in [6.45, 7) is 0.284. The second-order valence-electron chi connectivity index (χ2n) is 4.73. The van der Waals surface area contributed by atoms with E-state index in [0.717, 1.165) is 15.4 Å². The van der Waals surface area contributed by atoms with Crippen LogP contribution in [0.15, 0.2) is 59.2 Å². The molecule has 4 heteroatoms. The van der Waals surface area contributed by atoms with Crippen molar-refractivity contribution in [3.63, 3.8) is 0 Å². The number of hydrogen-bond donors (Lipinski definition) is 0. The van der Waals surface area contributed by atoms with Gasteiger partial charge in [-0.15, -0.1) is 0 Å². The Labute approximate surface area is 130 Å². The fraction of sp³-hybridized carbons (Fsp3) is 0.0588. The molecule has 0 aliphatic rings. The summed E-state index contributed by atoms with van der Waals surface area (Å²) in [5.74, 6) is 0.0250. The van der Waals surface area contributed by atoms with Crippen LogP contribution in [0.1, 0.15) is 15.9 Å². The Balaban J connectivity index is 1.89. The van der Waals surface area contributed by atoms with Gasteiger partial charge in [-0.1, -0.05) is 34.1 Å². The first kappa shape index (κ1) is 13.6. The number of hydrogen-bond acceptors (Lipinski definition) is 2. The molecule has 0 aliphatic heterocycles. The quantitative estimate of drug-likeness (QED) is 0.673. The highest BCUT2D eigenvalue weighted by Gasteiger charge is 2.10. The molecule has 3 nitrogen and oxygen atoms in total. The van der Waals surface area contributed by atoms with Crippen molar-refractivity contribution in [1.29, 1.82) is 5.26 Å². The lowest BCUT2D eigenvalue weighted by Gasteiger charge is -2.05. The van der Waals surface area contributed by atoms with Crippen molar-refractivity contribution in [1.82, 2.24) is 4.57 Å². The maximum Gasteiger partial charge on any atom is 0.182 e. The molecule has 21 heavy (non-hydrogen) atoms. The number of carbonyl (C=O) groups is 1. The van der Waals surface area contributed by atoms with Crippen LogP contribution in [0.4, 0.5) is 0 Å². The number of benzene rings is 2. The lowest BCUT2D eigenvalue weighted by Crippen LogP contribution is -2.09. The van der Waals surface area contributed by atoms with E-state index in [4.69, 9.17) is 5.26 Å². The van der Waals surface area contributed by atoms with Gasteiger partial charge in [0.05, 0.1) is 18.2 Å². The van der Waals surface area contributed by atoms with E-state index in [1.807, 2.05) is 41.1 Å². The third-order valence-corrected chi connectivity index (χ3v) is 4.10. The summed E-state index contributed by atoms with van der Waals surface area (Å²) >= 11 is 3.51. The van der Waals surface area contributed by atoms with Crippen LogP contribution in [0.5, 0.6) is 0 Å². The number of aromatic nitrogens is 1. The van der Waals surface area contributed by atoms with Crippen LogP contribution in [0.3, 0.4) is 0 Å². The molecule has 0 unspecified atom stereocenters. The average Bonchev–Trinajstić information content (AvgIpc) is 2.92. The van der Waals surface area contributed by atoms with Crippen molar-refractivity contribution in [2.75, 3.05) is 0 Å². The van der Waals surface area contributed by atoms with Crippen LogP contribution in [-0.4, -0.2) is 10.4 Å². The monoisotopic (exact) mass is 338 g/mol. The summed E-state index contributed by atoms with van der Waals surface area (Å²) in [5.41, 5.74) is 2.19. The second kappa shape index (κ2) is 5.55. The molecule has 0 atom stereocenters. The molecule has 0 amide bonds. The molecular formula is C17H11BrN2O. The molecule has 1 aromatic heterocycles. The van der Waals surface area contributed by atoms with Gasteiger partial charge < -0.3 is 4.57 Å². The number of rotatable bonds is 3. The number of fused-ring (bicyclic) bond motifs is 1. The van der Waals surface area contributed by atoms with Gasteiger partial charge >= 0.3 is 0 Å². The van der Waals surface area contributed by atoms with Crippen molar-refractivity contribution >= 4 is 32.6 Å². The molecule has 1 heterocycles. The number of Topliss-reactive ketones (excluding diaryl/α,β-unsaturated/α-hetero) is 1. The normalized spacial score (nSPS) is 10.5. The van der Waals surface area contributed by atoms with Crippen molar-refractivity contribution in [2.45, 2.75) is 6.54 Å². The summed E-state index contributed by atoms with van der Waals surface area (Å²) in [4.78, 5) is 12.3. The zero-order chi connectivity index (χ0) is 14.8. The van der Waals surface area contributed by atoms with Crippen LogP contribution in [-0.2, 0) is 6.54 Å². The predicted molar refractivity (Wildman–Crippen MR) is 85.1 cm³/mol. The van der Waals surface area contributed by atoms with E-state index in [1.165, 1.54) is 0 Å². The standard InChI is InChI=1S/C17H11BrN2O/c18-15-2-1-3-16-14(15)8-9-20(16)11-17(21)13-6-4-12(10-19)5-7-13/h1-9H,11H2. The molecule has 0 fully saturated rings. The highest BCUT2D eigenvalue weighted by Crippen LogP contribution is 2.24. The van der Waals surface area contributed by atoms with Crippen LogP contribution in [0.25, 0.3) is 10.9 Å². The van der Waals surface area contributed by atoms with Gasteiger partial charge in [-0.05, 0) is 30.3 Å². The molecule has 0 spiro atoms. The van der Waals surface area contributed by atoms with Gasteiger partial charge in [-0.2, -0.15) is 5.26 Å². The first-order valence-corrected chi connectivity index (χ1v) is 7.25. The Kier molecular flexibility index (Phi) is 3.59. The highest BCUT2D eigenvalue weighted by atomic mass is 79.9. The Morgan fingerprint density at radius 1 is 1.14 bits per heavy atom. The first-order chi connectivity index (χ1) is 10.2. The molecule has 102 valence electrons. The van der Waals surface area contributed by atoms with Gasteiger partial charge in [-0.25, -0.2) is 0 Å². The molecule has 3 rings (SSSR count). The van der Waals surface area contributed by atoms with Crippen molar-refractivity contribution in [2.24, 2.45) is 0 Å². The van der Waals surface area contributed by atoms with Crippen molar-refractivity contribution in [3.05, 3.63) is 70.3 Å². The molecule has 0 bridgehead atoms. The summed E-state index contributed by atoms with van der Waals surface area (Å²) in [7, 11) is 0. The zero-order valence-corrected chi connectivity index (χ0v) is 12.7. The van der Waals surface area contributed by atoms with Crippen molar-refractivity contribution < 1.29 is 4.79 Å². The highest BCUT2D eigenvalue weighted by molar-refractivity contribution is 9.10. The predicted octanol–water partition coefficient (Wildman–Crippen LogP) is 4.16. The third kappa shape index (κ3) is 2.61. The molecule has 0 saturated heterocycles. The van der Waals surface area contributed by atoms with E-state index < -0.39 is 0 Å². The minimum atomic E-state index is 0.0250. The smallest absolute Gasteiger partial charge is 0.182 e. The lowest BCUT2D eigenvalue weighted by molar-refractivity contribution is 0.0973. The van der Waals surface area contributed by atoms with Gasteiger partial charge in [0.1, 0.15) is 0 Å². The van der Waals surface area contributed by atoms with Crippen LogP contribution in [0, 0.1) is 11.3 Å². The van der Waals surface area contributed by atoms with Crippen LogP contribution in [0.2, 0.25) is 0 Å². The SMILES string of the molecule is N#Cc1ccc(C(=O)Cn2ccc3c(Br)cccc32)cc1. The zero-order valence-electron chi connectivity index (χ0n) is 11.1. The Morgan fingerprint density at radius 3 is 2.62 bits per heavy atom. The van der Waals surface area contributed by atoms with Crippen LogP contribution < -0.4 is 0 Å². The minimum absolute atomic E-state index is 0.0250. The Bertz CT molecular complexity index is 857. The Hall–Kier alpha value is -2.38. The van der Waals surface area contributed by atoms with E-state index in [-0.39, 0.29) is 12.3 Å².